The monoisotopic (exact) mass is 364 g/mol. The van der Waals surface area contributed by atoms with Crippen LogP contribution in [0.5, 0.6) is 0 Å². The molecule has 1 spiro atoms. The van der Waals surface area contributed by atoms with Crippen molar-refractivity contribution in [1.82, 2.24) is 9.21 Å². The SMILES string of the molecule is COC1C(=O)N(CC2CC2)C12CCN(S(=O)(=O)c1ccccc1)CC2. The summed E-state index contributed by atoms with van der Waals surface area (Å²) in [4.78, 5) is 14.7. The number of piperidine rings is 1. The second-order valence-corrected chi connectivity index (χ2v) is 9.27. The van der Waals surface area contributed by atoms with Crippen LogP contribution in [0.3, 0.4) is 0 Å². The van der Waals surface area contributed by atoms with Crippen molar-refractivity contribution in [3.63, 3.8) is 0 Å². The maximum absolute atomic E-state index is 12.8. The maximum Gasteiger partial charge on any atom is 0.254 e. The number of nitrogens with zero attached hydrogens (tertiary/aromatic N) is 2. The fourth-order valence-corrected chi connectivity index (χ4v) is 5.67. The Morgan fingerprint density at radius 1 is 1.16 bits per heavy atom. The zero-order valence-corrected chi connectivity index (χ0v) is 15.2. The van der Waals surface area contributed by atoms with E-state index in [0.29, 0.717) is 36.7 Å². The molecule has 1 aliphatic carbocycles. The number of ether oxygens (including phenoxy) is 1. The zero-order chi connectivity index (χ0) is 17.7. The summed E-state index contributed by atoms with van der Waals surface area (Å²) < 4.78 is 32.6. The molecule has 1 aromatic rings. The van der Waals surface area contributed by atoms with Crippen LogP contribution in [-0.2, 0) is 19.6 Å². The molecule has 1 atom stereocenters. The van der Waals surface area contributed by atoms with Crippen molar-refractivity contribution in [1.29, 1.82) is 0 Å². The van der Waals surface area contributed by atoms with Gasteiger partial charge in [0, 0.05) is 26.7 Å². The third kappa shape index (κ3) is 2.69. The summed E-state index contributed by atoms with van der Waals surface area (Å²) in [6.45, 7) is 1.64. The van der Waals surface area contributed by atoms with Crippen molar-refractivity contribution in [3.8, 4) is 0 Å². The number of carbonyl (C=O) groups excluding carboxylic acids is 1. The highest BCUT2D eigenvalue weighted by Crippen LogP contribution is 2.46. The number of sulfonamides is 1. The Bertz CT molecular complexity index is 753. The number of β-lactam (4-membered cyclic amide) rings is 1. The molecule has 2 saturated heterocycles. The first-order valence-corrected chi connectivity index (χ1v) is 10.3. The molecule has 25 heavy (non-hydrogen) atoms. The summed E-state index contributed by atoms with van der Waals surface area (Å²) in [6, 6.07) is 8.54. The van der Waals surface area contributed by atoms with E-state index in [1.54, 1.807) is 35.7 Å². The summed E-state index contributed by atoms with van der Waals surface area (Å²) in [6.07, 6.45) is 3.22. The first-order chi connectivity index (χ1) is 12.0. The molecule has 6 nitrogen and oxygen atoms in total. The second kappa shape index (κ2) is 6.07. The molecule has 3 fully saturated rings. The Hall–Kier alpha value is -1.44. The Balaban J connectivity index is 1.51. The largest absolute Gasteiger partial charge is 0.369 e. The summed E-state index contributed by atoms with van der Waals surface area (Å²) in [5.74, 6) is 0.679. The van der Waals surface area contributed by atoms with Gasteiger partial charge in [-0.3, -0.25) is 4.79 Å². The zero-order valence-electron chi connectivity index (χ0n) is 14.4. The van der Waals surface area contributed by atoms with Crippen LogP contribution in [-0.4, -0.2) is 61.9 Å². The number of carbonyl (C=O) groups is 1. The second-order valence-electron chi connectivity index (χ2n) is 7.33. The van der Waals surface area contributed by atoms with Crippen molar-refractivity contribution >= 4 is 15.9 Å². The van der Waals surface area contributed by atoms with Crippen LogP contribution in [0.25, 0.3) is 0 Å². The number of amides is 1. The van der Waals surface area contributed by atoms with Crippen molar-refractivity contribution in [2.75, 3.05) is 26.7 Å². The molecule has 2 heterocycles. The smallest absolute Gasteiger partial charge is 0.254 e. The third-order valence-corrected chi connectivity index (χ3v) is 7.77. The molecule has 1 unspecified atom stereocenters. The number of benzene rings is 1. The number of hydrogen-bond donors (Lipinski definition) is 0. The quantitative estimate of drug-likeness (QED) is 0.742. The van der Waals surface area contributed by atoms with Crippen LogP contribution in [0.15, 0.2) is 35.2 Å². The van der Waals surface area contributed by atoms with Crippen molar-refractivity contribution in [3.05, 3.63) is 30.3 Å². The van der Waals surface area contributed by atoms with Crippen LogP contribution in [0, 0.1) is 5.92 Å². The number of rotatable bonds is 5. The topological polar surface area (TPSA) is 66.9 Å². The van der Waals surface area contributed by atoms with Crippen molar-refractivity contribution < 1.29 is 17.9 Å². The minimum Gasteiger partial charge on any atom is -0.369 e. The molecule has 136 valence electrons. The van der Waals surface area contributed by atoms with Gasteiger partial charge in [0.05, 0.1) is 10.4 Å². The van der Waals surface area contributed by atoms with Gasteiger partial charge < -0.3 is 9.64 Å². The van der Waals surface area contributed by atoms with Gasteiger partial charge in [0.2, 0.25) is 10.0 Å². The van der Waals surface area contributed by atoms with E-state index in [1.165, 1.54) is 12.8 Å². The van der Waals surface area contributed by atoms with Gasteiger partial charge in [-0.25, -0.2) is 8.42 Å². The molecule has 0 bridgehead atoms. The molecule has 3 aliphatic rings. The average Bonchev–Trinajstić information content (AvgIpc) is 3.46. The van der Waals surface area contributed by atoms with Gasteiger partial charge in [-0.15, -0.1) is 0 Å². The highest BCUT2D eigenvalue weighted by molar-refractivity contribution is 7.89. The molecule has 0 aromatic heterocycles. The highest BCUT2D eigenvalue weighted by atomic mass is 32.2. The summed E-state index contributed by atoms with van der Waals surface area (Å²) in [5.41, 5.74) is -0.322. The molecular weight excluding hydrogens is 340 g/mol. The summed E-state index contributed by atoms with van der Waals surface area (Å²) in [7, 11) is -1.90. The van der Waals surface area contributed by atoms with Gasteiger partial charge in [-0.05, 0) is 43.7 Å². The van der Waals surface area contributed by atoms with E-state index in [4.69, 9.17) is 4.74 Å². The first-order valence-electron chi connectivity index (χ1n) is 8.88. The Kier molecular flexibility index (Phi) is 4.13. The van der Waals surface area contributed by atoms with Crippen LogP contribution < -0.4 is 0 Å². The highest BCUT2D eigenvalue weighted by Gasteiger charge is 2.62. The number of likely N-dealkylation sites (tertiary alicyclic amines) is 1. The van der Waals surface area contributed by atoms with Gasteiger partial charge in [-0.2, -0.15) is 4.31 Å². The molecule has 1 amide bonds. The standard InChI is InChI=1S/C18H24N2O4S/c1-24-16-17(21)20(13-14-7-8-14)18(16)9-11-19(12-10-18)25(22,23)15-5-3-2-4-6-15/h2-6,14,16H,7-13H2,1H3. The molecule has 0 radical (unpaired) electrons. The lowest BCUT2D eigenvalue weighted by Gasteiger charge is -2.59. The average molecular weight is 364 g/mol. The lowest BCUT2D eigenvalue weighted by Crippen LogP contribution is -2.77. The number of hydrogen-bond acceptors (Lipinski definition) is 4. The van der Waals surface area contributed by atoms with E-state index >= 15 is 0 Å². The van der Waals surface area contributed by atoms with Crippen molar-refractivity contribution in [2.24, 2.45) is 5.92 Å². The molecule has 2 aliphatic heterocycles. The van der Waals surface area contributed by atoms with Crippen molar-refractivity contribution in [2.45, 2.75) is 42.2 Å². The predicted molar refractivity (Wildman–Crippen MR) is 92.4 cm³/mol. The maximum atomic E-state index is 12.8. The minimum atomic E-state index is -3.47. The lowest BCUT2D eigenvalue weighted by atomic mass is 9.73. The fraction of sp³-hybridized carbons (Fsp3) is 0.611. The normalized spacial score (nSPS) is 26.7. The van der Waals surface area contributed by atoms with Gasteiger partial charge >= 0.3 is 0 Å². The molecule has 0 N–H and O–H groups in total. The Morgan fingerprint density at radius 2 is 1.80 bits per heavy atom. The van der Waals surface area contributed by atoms with E-state index in [2.05, 4.69) is 0 Å². The van der Waals surface area contributed by atoms with Gasteiger partial charge in [-0.1, -0.05) is 18.2 Å². The molecule has 1 saturated carbocycles. The van der Waals surface area contributed by atoms with E-state index < -0.39 is 16.1 Å². The van der Waals surface area contributed by atoms with Gasteiger partial charge in [0.25, 0.3) is 5.91 Å². The number of methoxy groups -OCH3 is 1. The molecule has 1 aromatic carbocycles. The first kappa shape index (κ1) is 17.0. The van der Waals surface area contributed by atoms with Gasteiger partial charge in [0.1, 0.15) is 0 Å². The Morgan fingerprint density at radius 3 is 2.36 bits per heavy atom. The van der Waals surface area contributed by atoms with E-state index in [9.17, 15) is 13.2 Å². The van der Waals surface area contributed by atoms with Crippen LogP contribution in [0.4, 0.5) is 0 Å². The third-order valence-electron chi connectivity index (χ3n) is 5.86. The summed E-state index contributed by atoms with van der Waals surface area (Å²) in [5, 5.41) is 0. The molecular formula is C18H24N2O4S. The van der Waals surface area contributed by atoms with Crippen LogP contribution in [0.1, 0.15) is 25.7 Å². The lowest BCUT2D eigenvalue weighted by molar-refractivity contribution is -0.197. The molecule has 4 rings (SSSR count). The van der Waals surface area contributed by atoms with Crippen LogP contribution in [0.2, 0.25) is 0 Å². The Labute approximate surface area is 148 Å². The molecule has 7 heteroatoms. The van der Waals surface area contributed by atoms with E-state index in [-0.39, 0.29) is 11.4 Å². The van der Waals surface area contributed by atoms with Gasteiger partial charge in [0.15, 0.2) is 6.10 Å². The predicted octanol–water partition coefficient (Wildman–Crippen LogP) is 1.48. The fourth-order valence-electron chi connectivity index (χ4n) is 4.20. The van der Waals surface area contributed by atoms with Crippen LogP contribution >= 0.6 is 0 Å². The van der Waals surface area contributed by atoms with E-state index in [0.717, 1.165) is 6.54 Å². The summed E-state index contributed by atoms with van der Waals surface area (Å²) >= 11 is 0. The van der Waals surface area contributed by atoms with E-state index in [1.807, 2.05) is 11.0 Å². The minimum absolute atomic E-state index is 0.0637.